The van der Waals surface area contributed by atoms with Crippen molar-refractivity contribution in [3.8, 4) is 23.5 Å². The van der Waals surface area contributed by atoms with Gasteiger partial charge in [0, 0.05) is 0 Å². The molecule has 0 aliphatic carbocycles. The van der Waals surface area contributed by atoms with Crippen molar-refractivity contribution in [2.75, 3.05) is 0 Å². The van der Waals surface area contributed by atoms with E-state index < -0.39 is 0 Å². The molecule has 4 rings (SSSR count). The maximum Gasteiger partial charge on any atom is 0.218 e. The summed E-state index contributed by atoms with van der Waals surface area (Å²) in [6, 6.07) is 17.9. The highest BCUT2D eigenvalue weighted by molar-refractivity contribution is 6.34. The number of allylic oxidation sites excluding steroid dienone is 1. The van der Waals surface area contributed by atoms with Crippen LogP contribution in [0.1, 0.15) is 5.56 Å². The molecule has 0 fully saturated rings. The number of para-hydroxylation sites is 3. The number of benzene rings is 2. The molecule has 6 nitrogen and oxygen atoms in total. The zero-order chi connectivity index (χ0) is 18.3. The van der Waals surface area contributed by atoms with Gasteiger partial charge in [-0.15, -0.1) is 0 Å². The third-order valence-electron chi connectivity index (χ3n) is 4.00. The maximum atomic E-state index is 10.7. The Balaban J connectivity index is 1.98. The summed E-state index contributed by atoms with van der Waals surface area (Å²) in [5.74, 6) is -0.588. The molecular formula is C19H11ClN4O2. The molecule has 126 valence electrons. The van der Waals surface area contributed by atoms with Gasteiger partial charge in [0.1, 0.15) is 16.7 Å². The molecule has 0 spiro atoms. The highest BCUT2D eigenvalue weighted by atomic mass is 35.5. The number of rotatable bonds is 2. The van der Waals surface area contributed by atoms with Crippen molar-refractivity contribution in [2.24, 2.45) is 9.98 Å². The number of aromatic nitrogens is 1. The Morgan fingerprint density at radius 1 is 0.923 bits per heavy atom. The van der Waals surface area contributed by atoms with Crippen LogP contribution >= 0.6 is 11.6 Å². The van der Waals surface area contributed by atoms with Gasteiger partial charge in [0.05, 0.1) is 22.0 Å². The smallest absolute Gasteiger partial charge is 0.218 e. The normalized spacial score (nSPS) is 12.1. The maximum absolute atomic E-state index is 10.7. The molecule has 1 aliphatic rings. The van der Waals surface area contributed by atoms with Crippen LogP contribution in [0.15, 0.2) is 70.4 Å². The quantitative estimate of drug-likeness (QED) is 0.686. The molecule has 2 N–H and O–H groups in total. The summed E-state index contributed by atoms with van der Waals surface area (Å²) in [7, 11) is 0. The molecule has 0 atom stereocenters. The van der Waals surface area contributed by atoms with Crippen molar-refractivity contribution in [2.45, 2.75) is 0 Å². The molecule has 2 heterocycles. The van der Waals surface area contributed by atoms with Crippen LogP contribution in [0.3, 0.4) is 0 Å². The summed E-state index contributed by atoms with van der Waals surface area (Å²) >= 11 is 6.23. The van der Waals surface area contributed by atoms with Crippen molar-refractivity contribution in [1.29, 1.82) is 5.26 Å². The van der Waals surface area contributed by atoms with Crippen molar-refractivity contribution >= 4 is 17.2 Å². The van der Waals surface area contributed by atoms with Gasteiger partial charge in [-0.3, -0.25) is 0 Å². The van der Waals surface area contributed by atoms with Crippen molar-refractivity contribution in [3.05, 3.63) is 81.7 Å². The minimum absolute atomic E-state index is 0.00849. The summed E-state index contributed by atoms with van der Waals surface area (Å²) in [5, 5.41) is 31.8. The second-order valence-corrected chi connectivity index (χ2v) is 5.91. The first-order valence-electron chi connectivity index (χ1n) is 7.66. The standard InChI is InChI=1S/C19H11ClN4O2/c20-16-15(18(25)24(19(16)26)11-6-2-1-3-7-11)12(10-21)17-22-13-8-4-5-9-14(13)23-17/h1-9,25-26H. The summed E-state index contributed by atoms with van der Waals surface area (Å²) in [4.78, 5) is 8.65. The molecule has 3 aromatic rings. The first kappa shape index (κ1) is 15.9. The molecule has 0 amide bonds. The molecule has 1 aliphatic heterocycles. The van der Waals surface area contributed by atoms with Crippen molar-refractivity contribution < 1.29 is 10.2 Å². The highest BCUT2D eigenvalue weighted by Crippen LogP contribution is 2.44. The van der Waals surface area contributed by atoms with E-state index in [0.29, 0.717) is 16.4 Å². The van der Waals surface area contributed by atoms with E-state index in [1.807, 2.05) is 18.2 Å². The molecule has 0 saturated carbocycles. The lowest BCUT2D eigenvalue weighted by molar-refractivity contribution is 0.402. The Kier molecular flexibility index (Phi) is 3.72. The number of nitriles is 1. The van der Waals surface area contributed by atoms with E-state index in [4.69, 9.17) is 11.6 Å². The van der Waals surface area contributed by atoms with Crippen LogP contribution in [-0.2, 0) is 0 Å². The largest absolute Gasteiger partial charge is 0.494 e. The van der Waals surface area contributed by atoms with E-state index in [2.05, 4.69) is 9.98 Å². The Labute approximate surface area is 152 Å². The molecule has 2 aromatic carbocycles. The Hall–Kier alpha value is -3.56. The highest BCUT2D eigenvalue weighted by Gasteiger charge is 2.27. The van der Waals surface area contributed by atoms with Crippen molar-refractivity contribution in [3.63, 3.8) is 0 Å². The van der Waals surface area contributed by atoms with Crippen LogP contribution in [0.2, 0.25) is 5.02 Å². The Bertz CT molecular complexity index is 1180. The van der Waals surface area contributed by atoms with E-state index in [-0.39, 0.29) is 33.7 Å². The minimum Gasteiger partial charge on any atom is -0.494 e. The molecule has 1 aromatic heterocycles. The van der Waals surface area contributed by atoms with Gasteiger partial charge in [0.25, 0.3) is 0 Å². The van der Waals surface area contributed by atoms with Gasteiger partial charge in [-0.05, 0) is 24.3 Å². The predicted molar refractivity (Wildman–Crippen MR) is 95.4 cm³/mol. The van der Waals surface area contributed by atoms with Crippen LogP contribution < -0.4 is 10.7 Å². The first-order valence-corrected chi connectivity index (χ1v) is 8.04. The monoisotopic (exact) mass is 362 g/mol. The van der Waals surface area contributed by atoms with E-state index in [9.17, 15) is 15.5 Å². The predicted octanol–water partition coefficient (Wildman–Crippen LogP) is 2.69. The van der Waals surface area contributed by atoms with Gasteiger partial charge >= 0.3 is 0 Å². The summed E-state index contributed by atoms with van der Waals surface area (Å²) < 4.78 is 1.16. The van der Waals surface area contributed by atoms with Crippen LogP contribution in [0.5, 0.6) is 11.8 Å². The molecule has 0 bridgehead atoms. The lowest BCUT2D eigenvalue weighted by Gasteiger charge is -2.06. The summed E-state index contributed by atoms with van der Waals surface area (Å²) in [5.41, 5.74) is 0.473. The molecule has 0 radical (unpaired) electrons. The average molecular weight is 363 g/mol. The lowest BCUT2D eigenvalue weighted by Crippen LogP contribution is -2.19. The second kappa shape index (κ2) is 6.06. The van der Waals surface area contributed by atoms with Crippen LogP contribution in [0, 0.1) is 11.3 Å². The van der Waals surface area contributed by atoms with Gasteiger partial charge in [-0.2, -0.15) is 5.26 Å². The molecule has 26 heavy (non-hydrogen) atoms. The zero-order valence-electron chi connectivity index (χ0n) is 13.3. The van der Waals surface area contributed by atoms with E-state index in [1.165, 1.54) is 0 Å². The summed E-state index contributed by atoms with van der Waals surface area (Å²) in [6.45, 7) is 0. The van der Waals surface area contributed by atoms with Gasteiger partial charge in [-0.25, -0.2) is 14.6 Å². The first-order chi connectivity index (χ1) is 12.6. The van der Waals surface area contributed by atoms with Crippen LogP contribution in [0.25, 0.3) is 11.3 Å². The Morgan fingerprint density at radius 2 is 1.50 bits per heavy atom. The molecular weight excluding hydrogens is 352 g/mol. The van der Waals surface area contributed by atoms with E-state index >= 15 is 0 Å². The number of hydrogen-bond donors (Lipinski definition) is 2. The third-order valence-corrected chi connectivity index (χ3v) is 4.36. The van der Waals surface area contributed by atoms with Crippen molar-refractivity contribution in [1.82, 2.24) is 4.57 Å². The lowest BCUT2D eigenvalue weighted by atomic mass is 10.1. The van der Waals surface area contributed by atoms with Gasteiger partial charge < -0.3 is 10.2 Å². The second-order valence-electron chi connectivity index (χ2n) is 5.53. The number of hydrogen-bond acceptors (Lipinski definition) is 5. The van der Waals surface area contributed by atoms with E-state index in [1.54, 1.807) is 42.5 Å². The van der Waals surface area contributed by atoms with Gasteiger partial charge in [-0.1, -0.05) is 41.9 Å². The fourth-order valence-electron chi connectivity index (χ4n) is 2.80. The zero-order valence-corrected chi connectivity index (χ0v) is 14.0. The fourth-order valence-corrected chi connectivity index (χ4v) is 3.06. The Morgan fingerprint density at radius 3 is 2.08 bits per heavy atom. The van der Waals surface area contributed by atoms with E-state index in [0.717, 1.165) is 4.57 Å². The third kappa shape index (κ3) is 2.34. The van der Waals surface area contributed by atoms with Crippen LogP contribution in [-0.4, -0.2) is 14.8 Å². The number of nitrogens with zero attached hydrogens (tertiary/aromatic N) is 4. The SMILES string of the molecule is N#CC(=C1N=c2ccccc2=N1)c1c(Cl)c(O)n(-c2ccccc2)c1O. The average Bonchev–Trinajstić information content (AvgIpc) is 3.18. The number of fused-ring (bicyclic) bond motifs is 1. The number of aromatic hydroxyl groups is 2. The fraction of sp³-hybridized carbons (Fsp3) is 0. The molecule has 0 unspecified atom stereocenters. The molecule has 7 heteroatoms. The minimum atomic E-state index is -0.366. The van der Waals surface area contributed by atoms with Crippen LogP contribution in [0.4, 0.5) is 0 Å². The summed E-state index contributed by atoms with van der Waals surface area (Å²) in [6.07, 6.45) is 0. The molecule has 0 saturated heterocycles. The van der Waals surface area contributed by atoms with Gasteiger partial charge in [0.2, 0.25) is 11.8 Å². The topological polar surface area (TPSA) is 93.9 Å². The number of halogens is 1. The van der Waals surface area contributed by atoms with Gasteiger partial charge in [0.15, 0.2) is 5.82 Å².